The molecule has 6 nitrogen and oxygen atoms in total. The molecule has 0 bridgehead atoms. The summed E-state index contributed by atoms with van der Waals surface area (Å²) in [6, 6.07) is 2.41. The minimum absolute atomic E-state index is 0.271. The van der Waals surface area contributed by atoms with Gasteiger partial charge >= 0.3 is 6.18 Å². The summed E-state index contributed by atoms with van der Waals surface area (Å²) in [6.45, 7) is 4.51. The molecule has 9 heteroatoms. The molecule has 2 N–H and O–H groups in total. The minimum atomic E-state index is -4.53. The van der Waals surface area contributed by atoms with E-state index in [4.69, 9.17) is 10.5 Å². The Morgan fingerprint density at radius 1 is 1.17 bits per heavy atom. The molecule has 0 radical (unpaired) electrons. The van der Waals surface area contributed by atoms with Gasteiger partial charge in [-0.3, -0.25) is 9.88 Å². The molecule has 4 rings (SSSR count). The number of aromatic nitrogens is 3. The summed E-state index contributed by atoms with van der Waals surface area (Å²) in [5.41, 5.74) is 6.61. The number of nitrogens with two attached hydrogens (primary N) is 1. The molecule has 4 heterocycles. The first-order valence-corrected chi connectivity index (χ1v) is 9.95. The van der Waals surface area contributed by atoms with E-state index in [2.05, 4.69) is 19.9 Å². The lowest BCUT2D eigenvalue weighted by Crippen LogP contribution is -2.40. The number of pyridine rings is 1. The monoisotopic (exact) mass is 419 g/mol. The fraction of sp³-hybridized carbons (Fsp3) is 0.476. The van der Waals surface area contributed by atoms with Crippen LogP contribution in [0.4, 0.5) is 13.2 Å². The topological polar surface area (TPSA) is 77.2 Å². The van der Waals surface area contributed by atoms with Crippen LogP contribution in [0.25, 0.3) is 5.57 Å². The molecule has 0 aliphatic carbocycles. The predicted molar refractivity (Wildman–Crippen MR) is 105 cm³/mol. The quantitative estimate of drug-likeness (QED) is 0.820. The molecule has 2 aromatic rings. The summed E-state index contributed by atoms with van der Waals surface area (Å²) >= 11 is 0. The zero-order valence-electron chi connectivity index (χ0n) is 16.5. The van der Waals surface area contributed by atoms with Crippen molar-refractivity contribution < 1.29 is 17.9 Å². The highest BCUT2D eigenvalue weighted by molar-refractivity contribution is 5.75. The Kier molecular flexibility index (Phi) is 5.75. The fourth-order valence-electron chi connectivity index (χ4n) is 4.12. The highest BCUT2D eigenvalue weighted by atomic mass is 19.4. The lowest BCUT2D eigenvalue weighted by atomic mass is 9.78. The fourth-order valence-corrected chi connectivity index (χ4v) is 4.12. The highest BCUT2D eigenvalue weighted by Gasteiger charge is 2.38. The minimum Gasteiger partial charge on any atom is -0.404 e. The van der Waals surface area contributed by atoms with Crippen LogP contribution < -0.4 is 5.73 Å². The van der Waals surface area contributed by atoms with E-state index < -0.39 is 11.9 Å². The van der Waals surface area contributed by atoms with Crippen molar-refractivity contribution in [3.05, 3.63) is 59.6 Å². The molecule has 2 aliphatic heterocycles. The first kappa shape index (κ1) is 20.7. The molecule has 160 valence electrons. The lowest BCUT2D eigenvalue weighted by molar-refractivity contribution is -0.141. The number of ether oxygens (including phenoxy) is 1. The average molecular weight is 419 g/mol. The Morgan fingerprint density at radius 2 is 1.90 bits per heavy atom. The van der Waals surface area contributed by atoms with Crippen LogP contribution in [0.1, 0.15) is 41.9 Å². The Bertz CT molecular complexity index is 898. The maximum Gasteiger partial charge on any atom is 0.433 e. The third-order valence-electron chi connectivity index (χ3n) is 5.98. The molecule has 2 fully saturated rings. The summed E-state index contributed by atoms with van der Waals surface area (Å²) in [5.74, 6) is 0.279. The van der Waals surface area contributed by atoms with Gasteiger partial charge in [0.05, 0.1) is 6.61 Å². The van der Waals surface area contributed by atoms with E-state index >= 15 is 0 Å². The SMILES string of the molecule is N/C=C(/c1ccnc(C(F)(F)F)c1)c1ncc(CN2CCC3(CCOC3)CC2)cn1. The van der Waals surface area contributed by atoms with Crippen molar-refractivity contribution >= 4 is 5.57 Å². The molecular formula is C21H24F3N5O. The first-order chi connectivity index (χ1) is 14.4. The Labute approximate surface area is 173 Å². The average Bonchev–Trinajstić information content (AvgIpc) is 3.19. The molecule has 0 saturated carbocycles. The second-order valence-corrected chi connectivity index (χ2v) is 8.00. The van der Waals surface area contributed by atoms with Crippen molar-refractivity contribution in [2.45, 2.75) is 32.0 Å². The largest absolute Gasteiger partial charge is 0.433 e. The van der Waals surface area contributed by atoms with Gasteiger partial charge in [0.1, 0.15) is 5.69 Å². The maximum atomic E-state index is 13.0. The van der Waals surface area contributed by atoms with Gasteiger partial charge in [-0.1, -0.05) is 0 Å². The van der Waals surface area contributed by atoms with Crippen molar-refractivity contribution in [2.75, 3.05) is 26.3 Å². The number of halogens is 3. The summed E-state index contributed by atoms with van der Waals surface area (Å²) in [4.78, 5) is 14.4. The van der Waals surface area contributed by atoms with Crippen molar-refractivity contribution in [3.8, 4) is 0 Å². The predicted octanol–water partition coefficient (Wildman–Crippen LogP) is 3.24. The molecule has 2 aromatic heterocycles. The van der Waals surface area contributed by atoms with Crippen LogP contribution in [0.2, 0.25) is 0 Å². The van der Waals surface area contributed by atoms with Crippen LogP contribution >= 0.6 is 0 Å². The molecule has 0 amide bonds. The van der Waals surface area contributed by atoms with E-state index in [1.807, 2.05) is 0 Å². The molecule has 2 aliphatic rings. The van der Waals surface area contributed by atoms with E-state index in [-0.39, 0.29) is 11.4 Å². The standard InChI is InChI=1S/C21H24F3N5O/c22-21(23,24)18-9-16(1-5-26-18)17(10-25)19-27-11-15(12-28-19)13-29-6-2-20(3-7-29)4-8-30-14-20/h1,5,9-12H,2-4,6-8,13-14,25H2/b17-10-. The van der Waals surface area contributed by atoms with Crippen LogP contribution in [0.3, 0.4) is 0 Å². The Balaban J connectivity index is 1.43. The molecule has 1 spiro atoms. The highest BCUT2D eigenvalue weighted by Crippen LogP contribution is 2.39. The third-order valence-corrected chi connectivity index (χ3v) is 5.98. The molecule has 30 heavy (non-hydrogen) atoms. The summed E-state index contributed by atoms with van der Waals surface area (Å²) < 4.78 is 44.4. The van der Waals surface area contributed by atoms with Gasteiger partial charge in [0.2, 0.25) is 0 Å². The number of hydrogen-bond donors (Lipinski definition) is 1. The number of rotatable bonds is 4. The molecule has 2 saturated heterocycles. The zero-order chi connectivity index (χ0) is 21.2. The molecule has 0 atom stereocenters. The Morgan fingerprint density at radius 3 is 2.50 bits per heavy atom. The van der Waals surface area contributed by atoms with Gasteiger partial charge in [-0.05, 0) is 55.5 Å². The number of nitrogens with zero attached hydrogens (tertiary/aromatic N) is 4. The summed E-state index contributed by atoms with van der Waals surface area (Å²) in [6.07, 6.45) is 4.63. The van der Waals surface area contributed by atoms with Crippen LogP contribution in [-0.4, -0.2) is 46.2 Å². The van der Waals surface area contributed by atoms with Gasteiger partial charge in [0.25, 0.3) is 0 Å². The van der Waals surface area contributed by atoms with Crippen molar-refractivity contribution in [2.24, 2.45) is 11.1 Å². The number of piperidine rings is 1. The normalized spacial score (nSPS) is 20.0. The first-order valence-electron chi connectivity index (χ1n) is 9.95. The van der Waals surface area contributed by atoms with Gasteiger partial charge in [-0.2, -0.15) is 13.2 Å². The van der Waals surface area contributed by atoms with Crippen LogP contribution in [-0.2, 0) is 17.5 Å². The number of likely N-dealkylation sites (tertiary alicyclic amines) is 1. The Hall–Kier alpha value is -2.52. The number of alkyl halides is 3. The van der Waals surface area contributed by atoms with E-state index in [1.54, 1.807) is 12.4 Å². The van der Waals surface area contributed by atoms with Crippen LogP contribution in [0.15, 0.2) is 36.9 Å². The van der Waals surface area contributed by atoms with Gasteiger partial charge < -0.3 is 10.5 Å². The van der Waals surface area contributed by atoms with E-state index in [0.717, 1.165) is 69.9 Å². The van der Waals surface area contributed by atoms with E-state index in [1.165, 1.54) is 12.3 Å². The molecular weight excluding hydrogens is 395 g/mol. The lowest BCUT2D eigenvalue weighted by Gasteiger charge is -2.38. The van der Waals surface area contributed by atoms with Crippen LogP contribution in [0.5, 0.6) is 0 Å². The summed E-state index contributed by atoms with van der Waals surface area (Å²) in [7, 11) is 0. The maximum absolute atomic E-state index is 13.0. The van der Waals surface area contributed by atoms with Crippen molar-refractivity contribution in [1.82, 2.24) is 19.9 Å². The van der Waals surface area contributed by atoms with Crippen molar-refractivity contribution in [1.29, 1.82) is 0 Å². The van der Waals surface area contributed by atoms with Gasteiger partial charge in [0, 0.05) is 49.1 Å². The van der Waals surface area contributed by atoms with E-state index in [9.17, 15) is 13.2 Å². The van der Waals surface area contributed by atoms with Gasteiger partial charge in [-0.25, -0.2) is 9.97 Å². The number of hydrogen-bond acceptors (Lipinski definition) is 6. The molecule has 0 unspecified atom stereocenters. The van der Waals surface area contributed by atoms with E-state index in [0.29, 0.717) is 11.0 Å². The van der Waals surface area contributed by atoms with Gasteiger partial charge in [0.15, 0.2) is 5.82 Å². The van der Waals surface area contributed by atoms with Crippen LogP contribution in [0, 0.1) is 5.41 Å². The third kappa shape index (κ3) is 4.46. The second kappa shape index (κ2) is 8.31. The van der Waals surface area contributed by atoms with Crippen molar-refractivity contribution in [3.63, 3.8) is 0 Å². The smallest absolute Gasteiger partial charge is 0.404 e. The summed E-state index contributed by atoms with van der Waals surface area (Å²) in [5, 5.41) is 0. The molecule has 0 aromatic carbocycles. The second-order valence-electron chi connectivity index (χ2n) is 8.00. The van der Waals surface area contributed by atoms with Gasteiger partial charge in [-0.15, -0.1) is 0 Å². The zero-order valence-corrected chi connectivity index (χ0v) is 16.5.